The summed E-state index contributed by atoms with van der Waals surface area (Å²) >= 11 is 3.23. The van der Waals surface area contributed by atoms with Crippen molar-refractivity contribution in [2.75, 3.05) is 13.1 Å². The number of ether oxygens (including phenoxy) is 1. The van der Waals surface area contributed by atoms with E-state index in [4.69, 9.17) is 4.74 Å². The summed E-state index contributed by atoms with van der Waals surface area (Å²) in [5.74, 6) is 0. The van der Waals surface area contributed by atoms with E-state index in [9.17, 15) is 9.90 Å². The van der Waals surface area contributed by atoms with Crippen LogP contribution in [0.2, 0.25) is 0 Å². The van der Waals surface area contributed by atoms with Gasteiger partial charge in [0.25, 0.3) is 0 Å². The second-order valence-corrected chi connectivity index (χ2v) is 6.60. The largest absolute Gasteiger partial charge is 0.444 e. The van der Waals surface area contributed by atoms with E-state index in [-0.39, 0.29) is 6.54 Å². The molecule has 1 aliphatic heterocycles. The standard InChI is InChI=1S/C12H18BrN3O3/c1-11(2,3)19-10(17)16-5-4-12(18,7-16)8-6-9(13)15-14-8/h6,18H,4-5,7H2,1-3H3,(H,14,15). The summed E-state index contributed by atoms with van der Waals surface area (Å²) in [4.78, 5) is 13.5. The fourth-order valence-corrected chi connectivity index (χ4v) is 2.35. The second-order valence-electron chi connectivity index (χ2n) is 5.79. The van der Waals surface area contributed by atoms with Crippen LogP contribution in [0, 0.1) is 0 Å². The molecule has 1 saturated heterocycles. The van der Waals surface area contributed by atoms with Crippen molar-refractivity contribution < 1.29 is 14.6 Å². The van der Waals surface area contributed by atoms with Crippen LogP contribution in [-0.4, -0.2) is 45.0 Å². The number of nitrogens with one attached hydrogen (secondary N) is 1. The van der Waals surface area contributed by atoms with Crippen molar-refractivity contribution in [1.29, 1.82) is 0 Å². The zero-order valence-corrected chi connectivity index (χ0v) is 12.8. The lowest BCUT2D eigenvalue weighted by Gasteiger charge is -2.25. The highest BCUT2D eigenvalue weighted by atomic mass is 79.9. The summed E-state index contributed by atoms with van der Waals surface area (Å²) < 4.78 is 5.93. The number of H-pyrrole nitrogens is 1. The Morgan fingerprint density at radius 1 is 1.63 bits per heavy atom. The molecule has 2 N–H and O–H groups in total. The van der Waals surface area contributed by atoms with E-state index in [0.29, 0.717) is 23.3 Å². The van der Waals surface area contributed by atoms with Gasteiger partial charge in [0.15, 0.2) is 0 Å². The monoisotopic (exact) mass is 331 g/mol. The summed E-state index contributed by atoms with van der Waals surface area (Å²) in [6.45, 7) is 6.12. The predicted octanol–water partition coefficient (Wildman–Crippen LogP) is 2.00. The summed E-state index contributed by atoms with van der Waals surface area (Å²) in [6.07, 6.45) is 0.0583. The molecular weight excluding hydrogens is 314 g/mol. The van der Waals surface area contributed by atoms with Crippen molar-refractivity contribution in [3.8, 4) is 0 Å². The Morgan fingerprint density at radius 3 is 2.84 bits per heavy atom. The number of carbonyl (C=O) groups is 1. The molecule has 1 fully saturated rings. The van der Waals surface area contributed by atoms with Gasteiger partial charge in [-0.3, -0.25) is 5.10 Å². The maximum atomic E-state index is 11.9. The Morgan fingerprint density at radius 2 is 2.32 bits per heavy atom. The van der Waals surface area contributed by atoms with Crippen LogP contribution in [0.3, 0.4) is 0 Å². The highest BCUT2D eigenvalue weighted by molar-refractivity contribution is 9.10. The van der Waals surface area contributed by atoms with Crippen LogP contribution < -0.4 is 0 Å². The number of aliphatic hydroxyl groups is 1. The van der Waals surface area contributed by atoms with E-state index >= 15 is 0 Å². The average molecular weight is 332 g/mol. The number of aromatic nitrogens is 2. The van der Waals surface area contributed by atoms with E-state index in [1.54, 1.807) is 6.07 Å². The molecule has 7 heteroatoms. The average Bonchev–Trinajstić information content (AvgIpc) is 2.83. The summed E-state index contributed by atoms with van der Waals surface area (Å²) in [5.41, 5.74) is -1.02. The summed E-state index contributed by atoms with van der Waals surface area (Å²) in [5, 5.41) is 17.3. The van der Waals surface area contributed by atoms with Gasteiger partial charge in [0, 0.05) is 13.0 Å². The molecule has 1 atom stereocenters. The molecule has 0 radical (unpaired) electrons. The van der Waals surface area contributed by atoms with Crippen molar-refractivity contribution in [2.45, 2.75) is 38.4 Å². The lowest BCUT2D eigenvalue weighted by Crippen LogP contribution is -2.38. The van der Waals surface area contributed by atoms with Crippen LogP contribution >= 0.6 is 15.9 Å². The Hall–Kier alpha value is -1.08. The second kappa shape index (κ2) is 4.79. The minimum absolute atomic E-state index is 0.205. The van der Waals surface area contributed by atoms with E-state index < -0.39 is 17.3 Å². The molecule has 0 spiro atoms. The van der Waals surface area contributed by atoms with Crippen molar-refractivity contribution in [3.63, 3.8) is 0 Å². The number of halogens is 1. The molecule has 1 amide bonds. The van der Waals surface area contributed by atoms with Crippen LogP contribution in [0.5, 0.6) is 0 Å². The lowest BCUT2D eigenvalue weighted by molar-refractivity contribution is 0.0126. The van der Waals surface area contributed by atoms with Crippen molar-refractivity contribution >= 4 is 22.0 Å². The molecule has 19 heavy (non-hydrogen) atoms. The third kappa shape index (κ3) is 3.27. The zero-order valence-electron chi connectivity index (χ0n) is 11.2. The van der Waals surface area contributed by atoms with Crippen molar-refractivity contribution in [1.82, 2.24) is 15.1 Å². The summed E-state index contributed by atoms with van der Waals surface area (Å²) in [7, 11) is 0. The maximum absolute atomic E-state index is 11.9. The number of carbonyl (C=O) groups excluding carboxylic acids is 1. The Balaban J connectivity index is 2.05. The third-order valence-corrected chi connectivity index (χ3v) is 3.35. The number of β-amino-alcohol motifs (C(OH)–C–C–N with tert-alkyl or cyclic N) is 1. The van der Waals surface area contributed by atoms with Gasteiger partial charge >= 0.3 is 6.09 Å². The molecule has 6 nitrogen and oxygen atoms in total. The molecule has 1 aliphatic rings. The number of rotatable bonds is 1. The minimum atomic E-state index is -1.09. The number of likely N-dealkylation sites (tertiary alicyclic amines) is 1. The fraction of sp³-hybridized carbons (Fsp3) is 0.667. The first kappa shape index (κ1) is 14.3. The first-order valence-corrected chi connectivity index (χ1v) is 6.91. The lowest BCUT2D eigenvalue weighted by atomic mass is 9.99. The van der Waals surface area contributed by atoms with E-state index in [2.05, 4.69) is 26.1 Å². The summed E-state index contributed by atoms with van der Waals surface area (Å²) in [6, 6.07) is 1.72. The van der Waals surface area contributed by atoms with Gasteiger partial charge < -0.3 is 14.7 Å². The Labute approximate surface area is 120 Å². The molecule has 1 aromatic heterocycles. The quantitative estimate of drug-likeness (QED) is 0.824. The maximum Gasteiger partial charge on any atom is 0.410 e. The molecule has 2 heterocycles. The highest BCUT2D eigenvalue weighted by Gasteiger charge is 2.42. The number of nitrogens with zero attached hydrogens (tertiary/aromatic N) is 2. The first-order valence-electron chi connectivity index (χ1n) is 6.11. The van der Waals surface area contributed by atoms with Gasteiger partial charge in [0.2, 0.25) is 0 Å². The molecule has 0 bridgehead atoms. The number of hydrogen-bond acceptors (Lipinski definition) is 4. The van der Waals surface area contributed by atoms with Crippen molar-refractivity contribution in [2.24, 2.45) is 0 Å². The van der Waals surface area contributed by atoms with Crippen LogP contribution in [0.1, 0.15) is 32.9 Å². The first-order chi connectivity index (χ1) is 8.70. The topological polar surface area (TPSA) is 78.4 Å². The minimum Gasteiger partial charge on any atom is -0.444 e. The van der Waals surface area contributed by atoms with E-state index in [1.807, 2.05) is 20.8 Å². The predicted molar refractivity (Wildman–Crippen MR) is 72.6 cm³/mol. The van der Waals surface area contributed by atoms with Gasteiger partial charge in [-0.15, -0.1) is 0 Å². The molecule has 1 unspecified atom stereocenters. The molecule has 106 valence electrons. The van der Waals surface area contributed by atoms with E-state index in [1.165, 1.54) is 4.90 Å². The van der Waals surface area contributed by atoms with Crippen LogP contribution in [0.25, 0.3) is 0 Å². The van der Waals surface area contributed by atoms with Gasteiger partial charge in [-0.25, -0.2) is 4.79 Å². The molecule has 0 aliphatic carbocycles. The van der Waals surface area contributed by atoms with Gasteiger partial charge in [-0.2, -0.15) is 5.10 Å². The normalized spacial score (nSPS) is 23.7. The van der Waals surface area contributed by atoms with Crippen LogP contribution in [0.4, 0.5) is 4.79 Å². The Bertz CT molecular complexity index is 483. The molecule has 0 aromatic carbocycles. The van der Waals surface area contributed by atoms with E-state index in [0.717, 1.165) is 0 Å². The molecular formula is C12H18BrN3O3. The SMILES string of the molecule is CC(C)(C)OC(=O)N1CCC(O)(c2cc(Br)n[nH]2)C1. The fourth-order valence-electron chi connectivity index (χ4n) is 2.03. The smallest absolute Gasteiger partial charge is 0.410 e. The molecule has 0 saturated carbocycles. The third-order valence-electron chi connectivity index (χ3n) is 2.95. The van der Waals surface area contributed by atoms with Crippen molar-refractivity contribution in [3.05, 3.63) is 16.4 Å². The molecule has 2 rings (SSSR count). The number of hydrogen-bond donors (Lipinski definition) is 2. The van der Waals surface area contributed by atoms with Crippen LogP contribution in [-0.2, 0) is 10.3 Å². The number of amides is 1. The van der Waals surface area contributed by atoms with Gasteiger partial charge in [0.05, 0.1) is 12.2 Å². The highest BCUT2D eigenvalue weighted by Crippen LogP contribution is 2.32. The van der Waals surface area contributed by atoms with Gasteiger partial charge in [-0.1, -0.05) is 0 Å². The Kier molecular flexibility index (Phi) is 3.61. The number of aromatic amines is 1. The van der Waals surface area contributed by atoms with Gasteiger partial charge in [-0.05, 0) is 42.8 Å². The zero-order chi connectivity index (χ0) is 14.3. The van der Waals surface area contributed by atoms with Gasteiger partial charge in [0.1, 0.15) is 15.8 Å². The molecule has 1 aromatic rings. The van der Waals surface area contributed by atoms with Crippen LogP contribution in [0.15, 0.2) is 10.7 Å².